The van der Waals surface area contributed by atoms with E-state index in [1.165, 1.54) is 56.1 Å². The van der Waals surface area contributed by atoms with Crippen molar-refractivity contribution in [3.8, 4) is 17.2 Å². The van der Waals surface area contributed by atoms with Gasteiger partial charge in [0.2, 0.25) is 0 Å². The van der Waals surface area contributed by atoms with Crippen molar-refractivity contribution in [1.82, 2.24) is 0 Å². The fourth-order valence-electron chi connectivity index (χ4n) is 10.1. The van der Waals surface area contributed by atoms with Crippen molar-refractivity contribution < 1.29 is 34.0 Å². The summed E-state index contributed by atoms with van der Waals surface area (Å²) in [4.78, 5) is 24.9. The standard InChI is InChI=1S/C19H32O2.C14H26O2.C11H15IO2.C10H14O.8CH4/c1-6-18(4,5)17(20)21-19(12(2)3)15-8-13-7-14(10-15)11-16(19)9-13;1-6-13(4,5)12(15)16-14(11(2)3)9-7-8-10-14;1-4-7(2)8-5-9(12)11(13)10(6-8)14-3;1-3-8(2)9-4-6-10(11)7-5-9;;;;;;;;/h12-16H,6-11H2,1-5H3;11H,6-10H2,1-5H3;5-7,13H,4H2,1-3H3;4-8,11H,3H2,1-2H3;8*1H4. The molecule has 7 rings (SSSR count). The zero-order valence-electron chi connectivity index (χ0n) is 41.6. The van der Waals surface area contributed by atoms with E-state index in [9.17, 15) is 14.7 Å². The summed E-state index contributed by atoms with van der Waals surface area (Å²) in [5.41, 5.74) is 1.47. The summed E-state index contributed by atoms with van der Waals surface area (Å²) in [5, 5.41) is 18.7. The highest BCUT2D eigenvalue weighted by Gasteiger charge is 2.61. The van der Waals surface area contributed by atoms with Gasteiger partial charge >= 0.3 is 11.9 Å². The molecule has 0 heterocycles. The highest BCUT2D eigenvalue weighted by molar-refractivity contribution is 14.1. The van der Waals surface area contributed by atoms with Crippen LogP contribution >= 0.6 is 22.6 Å². The molecule has 0 amide bonds. The van der Waals surface area contributed by atoms with Gasteiger partial charge in [0.1, 0.15) is 17.0 Å². The maximum absolute atomic E-state index is 12.8. The lowest BCUT2D eigenvalue weighted by Gasteiger charge is -2.62. The predicted octanol–water partition coefficient (Wildman–Crippen LogP) is 20.3. The summed E-state index contributed by atoms with van der Waals surface area (Å²) < 4.78 is 18.2. The van der Waals surface area contributed by atoms with Crippen LogP contribution in [0.25, 0.3) is 0 Å². The van der Waals surface area contributed by atoms with Gasteiger partial charge in [-0.15, -0.1) is 0 Å². The fourth-order valence-corrected chi connectivity index (χ4v) is 10.8. The van der Waals surface area contributed by atoms with Crippen LogP contribution in [0.2, 0.25) is 0 Å². The molecule has 2 unspecified atom stereocenters. The number of hydrogen-bond acceptors (Lipinski definition) is 7. The largest absolute Gasteiger partial charge is 0.508 e. The SMILES string of the molecule is C.C.C.C.C.C.C.C.CCC(C)(C)C(=O)OC1(C(C)C)C2CC3CC(C2)CC1C3.CCC(C)(C)C(=O)OC1(C(C)C)CCCC1.CCC(C)c1cc(I)c(O)c(OC)c1.CCC(C)c1ccc(O)cc1. The lowest BCUT2D eigenvalue weighted by Crippen LogP contribution is -2.63. The van der Waals surface area contributed by atoms with Crippen molar-refractivity contribution >= 4 is 34.5 Å². The molecule has 2 N–H and O–H groups in total. The average Bonchev–Trinajstić information content (AvgIpc) is 3.73. The molecule has 8 heteroatoms. The Bertz CT molecular complexity index is 1680. The topological polar surface area (TPSA) is 102 Å². The smallest absolute Gasteiger partial charge is 0.312 e. The van der Waals surface area contributed by atoms with E-state index in [0.29, 0.717) is 47.0 Å². The van der Waals surface area contributed by atoms with Crippen LogP contribution in [0.3, 0.4) is 0 Å². The molecular weight excluding hydrogens is 984 g/mol. The van der Waals surface area contributed by atoms with Crippen molar-refractivity contribution in [3.05, 3.63) is 51.1 Å². The number of rotatable bonds is 13. The van der Waals surface area contributed by atoms with Gasteiger partial charge in [0.05, 0.1) is 21.5 Å². The molecular formula is C62H119IO7. The maximum atomic E-state index is 12.8. The van der Waals surface area contributed by atoms with Crippen LogP contribution in [0.4, 0.5) is 0 Å². The number of phenolic OH excluding ortho intramolecular Hbond substituents is 2. The van der Waals surface area contributed by atoms with Crippen molar-refractivity contribution in [2.24, 2.45) is 46.3 Å². The van der Waals surface area contributed by atoms with Gasteiger partial charge in [-0.3, -0.25) is 9.59 Å². The fraction of sp³-hybridized carbons (Fsp3) is 0.774. The van der Waals surface area contributed by atoms with Crippen LogP contribution in [-0.2, 0) is 19.1 Å². The summed E-state index contributed by atoms with van der Waals surface area (Å²) in [6, 6.07) is 11.3. The molecule has 5 aliphatic rings. The minimum Gasteiger partial charge on any atom is -0.508 e. The molecule has 2 aromatic rings. The molecule has 0 aliphatic heterocycles. The number of methoxy groups -OCH3 is 1. The van der Waals surface area contributed by atoms with Gasteiger partial charge in [0, 0.05) is 0 Å². The first-order valence-corrected chi connectivity index (χ1v) is 25.4. The molecule has 5 saturated carbocycles. The number of ether oxygens (including phenoxy) is 3. The monoisotopic (exact) mass is 1100 g/mol. The first-order valence-electron chi connectivity index (χ1n) is 24.3. The molecule has 0 saturated heterocycles. The third-order valence-electron chi connectivity index (χ3n) is 15.8. The summed E-state index contributed by atoms with van der Waals surface area (Å²) in [5.74, 6) is 6.16. The number of aromatic hydroxyl groups is 2. The summed E-state index contributed by atoms with van der Waals surface area (Å²) in [7, 11) is 1.57. The molecule has 7 nitrogen and oxygen atoms in total. The van der Waals surface area contributed by atoms with E-state index in [1.54, 1.807) is 19.2 Å². The Labute approximate surface area is 450 Å². The highest BCUT2D eigenvalue weighted by atomic mass is 127. The van der Waals surface area contributed by atoms with Gasteiger partial charge in [-0.1, -0.05) is 141 Å². The molecule has 416 valence electrons. The molecule has 2 aromatic carbocycles. The quantitative estimate of drug-likeness (QED) is 0.152. The first kappa shape index (κ1) is 78.9. The zero-order chi connectivity index (χ0) is 46.8. The Morgan fingerprint density at radius 2 is 1.03 bits per heavy atom. The van der Waals surface area contributed by atoms with Crippen LogP contribution in [0.5, 0.6) is 17.2 Å². The number of carbonyl (C=O) groups excluding carboxylic acids is 2. The predicted molar refractivity (Wildman–Crippen MR) is 318 cm³/mol. The summed E-state index contributed by atoms with van der Waals surface area (Å²) in [6.07, 6.45) is 15.0. The minimum absolute atomic E-state index is 0. The van der Waals surface area contributed by atoms with E-state index >= 15 is 0 Å². The third-order valence-corrected chi connectivity index (χ3v) is 16.6. The number of benzene rings is 2. The number of carbonyl (C=O) groups is 2. The number of phenols is 2. The molecule has 5 fully saturated rings. The normalized spacial score (nSPS) is 21.6. The van der Waals surface area contributed by atoms with Crippen LogP contribution in [0.1, 0.15) is 263 Å². The van der Waals surface area contributed by atoms with E-state index in [2.05, 4.69) is 84.9 Å². The minimum atomic E-state index is -0.351. The van der Waals surface area contributed by atoms with E-state index in [4.69, 9.17) is 19.3 Å². The Morgan fingerprint density at radius 3 is 1.39 bits per heavy atom. The third kappa shape index (κ3) is 19.4. The second-order valence-corrected chi connectivity index (χ2v) is 22.4. The van der Waals surface area contributed by atoms with Gasteiger partial charge in [-0.25, -0.2) is 0 Å². The van der Waals surface area contributed by atoms with Crippen LogP contribution < -0.4 is 4.74 Å². The van der Waals surface area contributed by atoms with Crippen molar-refractivity contribution in [2.45, 2.75) is 263 Å². The second-order valence-electron chi connectivity index (χ2n) is 21.3. The zero-order valence-corrected chi connectivity index (χ0v) is 43.7. The van der Waals surface area contributed by atoms with Gasteiger partial charge in [0.15, 0.2) is 11.5 Å². The van der Waals surface area contributed by atoms with Crippen LogP contribution in [0.15, 0.2) is 36.4 Å². The molecule has 4 bridgehead atoms. The van der Waals surface area contributed by atoms with Gasteiger partial charge < -0.3 is 24.4 Å². The molecule has 0 spiro atoms. The van der Waals surface area contributed by atoms with Gasteiger partial charge in [-0.05, 0) is 216 Å². The average molecular weight is 1100 g/mol. The van der Waals surface area contributed by atoms with Gasteiger partial charge in [-0.2, -0.15) is 0 Å². The molecule has 0 radical (unpaired) electrons. The molecule has 2 atom stereocenters. The maximum Gasteiger partial charge on any atom is 0.312 e. The van der Waals surface area contributed by atoms with E-state index in [0.717, 1.165) is 53.9 Å². The summed E-state index contributed by atoms with van der Waals surface area (Å²) >= 11 is 2.12. The lowest BCUT2D eigenvalue weighted by atomic mass is 9.47. The lowest BCUT2D eigenvalue weighted by molar-refractivity contribution is -0.231. The Balaban J connectivity index is -0.000000192. The van der Waals surface area contributed by atoms with Crippen LogP contribution in [0, 0.1) is 49.9 Å². The molecule has 0 aromatic heterocycles. The Morgan fingerprint density at radius 1 is 0.629 bits per heavy atom. The van der Waals surface area contributed by atoms with Gasteiger partial charge in [0.25, 0.3) is 0 Å². The van der Waals surface area contributed by atoms with Crippen molar-refractivity contribution in [2.75, 3.05) is 7.11 Å². The summed E-state index contributed by atoms with van der Waals surface area (Å²) in [6.45, 7) is 29.7. The van der Waals surface area contributed by atoms with Crippen LogP contribution in [-0.4, -0.2) is 40.5 Å². The number of halogens is 1. The second kappa shape index (κ2) is 34.1. The van der Waals surface area contributed by atoms with E-state index in [1.807, 2.05) is 58.9 Å². The van der Waals surface area contributed by atoms with Crippen molar-refractivity contribution in [3.63, 3.8) is 0 Å². The Hall–Kier alpha value is -2.49. The number of esters is 2. The van der Waals surface area contributed by atoms with Crippen molar-refractivity contribution in [1.29, 1.82) is 0 Å². The van der Waals surface area contributed by atoms with E-state index in [-0.39, 0.29) is 99.1 Å². The Kier molecular flexibility index (Phi) is 38.4. The molecule has 70 heavy (non-hydrogen) atoms. The van der Waals surface area contributed by atoms with E-state index < -0.39 is 0 Å². The molecule has 5 aliphatic carbocycles. The first-order chi connectivity index (χ1) is 29.0. The number of hydrogen-bond donors (Lipinski definition) is 2. The highest BCUT2D eigenvalue weighted by Crippen LogP contribution is 2.62.